The fraction of sp³-hybridized carbons (Fsp3) is 0.778. The molecule has 1 aliphatic rings. The highest BCUT2D eigenvalue weighted by molar-refractivity contribution is 5.05. The van der Waals surface area contributed by atoms with Crippen LogP contribution in [0, 0.1) is 5.92 Å². The molecule has 1 aliphatic heterocycles. The first-order chi connectivity index (χ1) is 4.84. The first-order valence-corrected chi connectivity index (χ1v) is 4.22. The maximum Gasteiger partial charge on any atom is 0.00172 e. The molecule has 0 bridgehead atoms. The summed E-state index contributed by atoms with van der Waals surface area (Å²) in [6, 6.07) is 0. The molecular weight excluding hydrogens is 122 g/mol. The van der Waals surface area contributed by atoms with Crippen molar-refractivity contribution in [2.24, 2.45) is 5.92 Å². The Morgan fingerprint density at radius 3 is 3.00 bits per heavy atom. The molecule has 0 aliphatic carbocycles. The van der Waals surface area contributed by atoms with Gasteiger partial charge in [0.1, 0.15) is 0 Å². The number of hydrogen-bond acceptors (Lipinski definition) is 1. The van der Waals surface area contributed by atoms with E-state index in [1.807, 2.05) is 0 Å². The van der Waals surface area contributed by atoms with Crippen LogP contribution in [0.3, 0.4) is 0 Å². The lowest BCUT2D eigenvalue weighted by Gasteiger charge is -2.07. The zero-order valence-electron chi connectivity index (χ0n) is 6.98. The van der Waals surface area contributed by atoms with E-state index >= 15 is 0 Å². The molecule has 0 spiro atoms. The standard InChI is InChI=1S/C9H17N/c1-3-4-8(2)9-5-6-10-7-9/h4,9-10H,3,5-7H2,1-2H3/b8-4-. The predicted octanol–water partition coefficient (Wildman–Crippen LogP) is 1.95. The van der Waals surface area contributed by atoms with Crippen LogP contribution < -0.4 is 5.32 Å². The van der Waals surface area contributed by atoms with Crippen LogP contribution in [-0.4, -0.2) is 13.1 Å². The van der Waals surface area contributed by atoms with Gasteiger partial charge in [0.2, 0.25) is 0 Å². The Kier molecular flexibility index (Phi) is 2.94. The van der Waals surface area contributed by atoms with Crippen molar-refractivity contribution < 1.29 is 0 Å². The van der Waals surface area contributed by atoms with Gasteiger partial charge < -0.3 is 5.32 Å². The van der Waals surface area contributed by atoms with Crippen molar-refractivity contribution >= 4 is 0 Å². The van der Waals surface area contributed by atoms with Crippen LogP contribution in [0.1, 0.15) is 26.7 Å². The van der Waals surface area contributed by atoms with Gasteiger partial charge in [0, 0.05) is 6.54 Å². The van der Waals surface area contributed by atoms with E-state index in [1.165, 1.54) is 25.9 Å². The number of hydrogen-bond donors (Lipinski definition) is 1. The first kappa shape index (κ1) is 7.80. The average molecular weight is 139 g/mol. The van der Waals surface area contributed by atoms with Crippen LogP contribution in [0.4, 0.5) is 0 Å². The number of nitrogens with one attached hydrogen (secondary N) is 1. The minimum absolute atomic E-state index is 0.833. The van der Waals surface area contributed by atoms with Crippen molar-refractivity contribution in [3.63, 3.8) is 0 Å². The van der Waals surface area contributed by atoms with E-state index in [-0.39, 0.29) is 0 Å². The number of allylic oxidation sites excluding steroid dienone is 1. The van der Waals surface area contributed by atoms with Crippen molar-refractivity contribution in [3.05, 3.63) is 11.6 Å². The maximum atomic E-state index is 3.37. The molecule has 1 heterocycles. The monoisotopic (exact) mass is 139 g/mol. The van der Waals surface area contributed by atoms with E-state index in [0.29, 0.717) is 0 Å². The Morgan fingerprint density at radius 1 is 1.70 bits per heavy atom. The van der Waals surface area contributed by atoms with E-state index in [4.69, 9.17) is 0 Å². The molecule has 1 N–H and O–H groups in total. The largest absolute Gasteiger partial charge is 0.316 e. The fourth-order valence-electron chi connectivity index (χ4n) is 1.53. The number of rotatable bonds is 2. The van der Waals surface area contributed by atoms with Crippen LogP contribution in [-0.2, 0) is 0 Å². The van der Waals surface area contributed by atoms with Crippen molar-refractivity contribution in [2.75, 3.05) is 13.1 Å². The van der Waals surface area contributed by atoms with E-state index in [1.54, 1.807) is 5.57 Å². The van der Waals surface area contributed by atoms with Crippen LogP contribution in [0.2, 0.25) is 0 Å². The third-order valence-electron chi connectivity index (χ3n) is 2.23. The van der Waals surface area contributed by atoms with Crippen molar-refractivity contribution in [1.29, 1.82) is 0 Å². The Balaban J connectivity index is 2.39. The Bertz CT molecular complexity index is 121. The molecule has 10 heavy (non-hydrogen) atoms. The van der Waals surface area contributed by atoms with Crippen molar-refractivity contribution in [3.8, 4) is 0 Å². The van der Waals surface area contributed by atoms with Crippen LogP contribution >= 0.6 is 0 Å². The van der Waals surface area contributed by atoms with Gasteiger partial charge in [-0.2, -0.15) is 0 Å². The van der Waals surface area contributed by atoms with Gasteiger partial charge in [-0.3, -0.25) is 0 Å². The minimum atomic E-state index is 0.833. The molecule has 1 heteroatoms. The summed E-state index contributed by atoms with van der Waals surface area (Å²) in [6.45, 7) is 6.86. The zero-order chi connectivity index (χ0) is 7.40. The fourth-order valence-corrected chi connectivity index (χ4v) is 1.53. The highest BCUT2D eigenvalue weighted by Crippen LogP contribution is 2.17. The van der Waals surface area contributed by atoms with Gasteiger partial charge >= 0.3 is 0 Å². The highest BCUT2D eigenvalue weighted by atomic mass is 14.9. The normalized spacial score (nSPS) is 27.4. The maximum absolute atomic E-state index is 3.37. The van der Waals surface area contributed by atoms with Crippen molar-refractivity contribution in [2.45, 2.75) is 26.7 Å². The summed E-state index contributed by atoms with van der Waals surface area (Å²) in [5.41, 5.74) is 1.58. The molecule has 0 amide bonds. The molecule has 58 valence electrons. The zero-order valence-corrected chi connectivity index (χ0v) is 6.98. The summed E-state index contributed by atoms with van der Waals surface area (Å²) in [7, 11) is 0. The SMILES string of the molecule is CC/C=C(/C)C1CCNC1. The van der Waals surface area contributed by atoms with Gasteiger partial charge in [0.15, 0.2) is 0 Å². The smallest absolute Gasteiger partial charge is 0.00172 e. The van der Waals surface area contributed by atoms with E-state index < -0.39 is 0 Å². The Hall–Kier alpha value is -0.300. The molecule has 0 aromatic carbocycles. The molecule has 0 aromatic rings. The third kappa shape index (κ3) is 1.84. The highest BCUT2D eigenvalue weighted by Gasteiger charge is 2.14. The lowest BCUT2D eigenvalue weighted by atomic mass is 9.99. The summed E-state index contributed by atoms with van der Waals surface area (Å²) < 4.78 is 0. The van der Waals surface area contributed by atoms with Gasteiger partial charge in [-0.05, 0) is 32.2 Å². The average Bonchev–Trinajstić information content (AvgIpc) is 2.38. The van der Waals surface area contributed by atoms with Gasteiger partial charge in [-0.25, -0.2) is 0 Å². The molecule has 1 fully saturated rings. The van der Waals surface area contributed by atoms with E-state index in [2.05, 4.69) is 25.2 Å². The molecule has 1 unspecified atom stereocenters. The summed E-state index contributed by atoms with van der Waals surface area (Å²) in [5.74, 6) is 0.833. The quantitative estimate of drug-likeness (QED) is 0.577. The molecule has 1 saturated heterocycles. The summed E-state index contributed by atoms with van der Waals surface area (Å²) >= 11 is 0. The predicted molar refractivity (Wildman–Crippen MR) is 45.0 cm³/mol. The summed E-state index contributed by atoms with van der Waals surface area (Å²) in [4.78, 5) is 0. The Labute approximate surface area is 63.5 Å². The topological polar surface area (TPSA) is 12.0 Å². The lowest BCUT2D eigenvalue weighted by Crippen LogP contribution is -2.09. The molecule has 1 atom stereocenters. The molecule has 0 saturated carbocycles. The van der Waals surface area contributed by atoms with Crippen molar-refractivity contribution in [1.82, 2.24) is 5.32 Å². The molecular formula is C9H17N. The summed E-state index contributed by atoms with van der Waals surface area (Å²) in [5, 5.41) is 3.37. The van der Waals surface area contributed by atoms with Gasteiger partial charge in [-0.15, -0.1) is 0 Å². The van der Waals surface area contributed by atoms with Crippen LogP contribution in [0.15, 0.2) is 11.6 Å². The van der Waals surface area contributed by atoms with Gasteiger partial charge in [-0.1, -0.05) is 18.6 Å². The minimum Gasteiger partial charge on any atom is -0.316 e. The molecule has 1 rings (SSSR count). The third-order valence-corrected chi connectivity index (χ3v) is 2.23. The lowest BCUT2D eigenvalue weighted by molar-refractivity contribution is 0.678. The van der Waals surface area contributed by atoms with E-state index in [0.717, 1.165) is 5.92 Å². The second-order valence-electron chi connectivity index (χ2n) is 3.05. The second kappa shape index (κ2) is 3.77. The van der Waals surface area contributed by atoms with Crippen LogP contribution in [0.25, 0.3) is 0 Å². The summed E-state index contributed by atoms with van der Waals surface area (Å²) in [6.07, 6.45) is 4.86. The second-order valence-corrected chi connectivity index (χ2v) is 3.05. The Morgan fingerprint density at radius 2 is 2.50 bits per heavy atom. The first-order valence-electron chi connectivity index (χ1n) is 4.22. The molecule has 1 nitrogen and oxygen atoms in total. The van der Waals surface area contributed by atoms with Gasteiger partial charge in [0.25, 0.3) is 0 Å². The van der Waals surface area contributed by atoms with Gasteiger partial charge in [0.05, 0.1) is 0 Å². The molecule has 0 radical (unpaired) electrons. The van der Waals surface area contributed by atoms with E-state index in [9.17, 15) is 0 Å². The molecule has 0 aromatic heterocycles. The van der Waals surface area contributed by atoms with Crippen LogP contribution in [0.5, 0.6) is 0 Å².